The molecule has 0 N–H and O–H groups in total. The molecule has 4 heteroatoms. The summed E-state index contributed by atoms with van der Waals surface area (Å²) in [7, 11) is 0. The van der Waals surface area contributed by atoms with Crippen molar-refractivity contribution in [2.45, 2.75) is 20.8 Å². The highest BCUT2D eigenvalue weighted by Crippen LogP contribution is 2.26. The number of rotatable bonds is 3. The van der Waals surface area contributed by atoms with E-state index in [4.69, 9.17) is 0 Å². The van der Waals surface area contributed by atoms with Gasteiger partial charge >= 0.3 is 0 Å². The second kappa shape index (κ2) is 4.61. The topological polar surface area (TPSA) is 20.5 Å². The Labute approximate surface area is 110 Å². The third kappa shape index (κ3) is 1.79. The summed E-state index contributed by atoms with van der Waals surface area (Å²) in [5, 5.41) is 4.60. The van der Waals surface area contributed by atoms with Crippen LogP contribution < -0.4 is 4.90 Å². The van der Waals surface area contributed by atoms with Crippen LogP contribution in [0.2, 0.25) is 0 Å². The first-order valence-electron chi connectivity index (χ1n) is 5.57. The van der Waals surface area contributed by atoms with E-state index in [0.717, 1.165) is 22.5 Å². The monoisotopic (exact) mass is 329 g/mol. The molecule has 0 bridgehead atoms. The minimum absolute atomic E-state index is 1.02. The molecule has 0 saturated carbocycles. The number of nitrogens with zero attached hydrogens (tertiary/aromatic N) is 3. The number of pyridine rings is 1. The van der Waals surface area contributed by atoms with Crippen LogP contribution in [0, 0.1) is 10.6 Å². The minimum atomic E-state index is 1.02. The molecule has 3 nitrogen and oxygen atoms in total. The van der Waals surface area contributed by atoms with Gasteiger partial charge in [0.25, 0.3) is 0 Å². The highest BCUT2D eigenvalue weighted by atomic mass is 127. The molecule has 0 fully saturated rings. The lowest BCUT2D eigenvalue weighted by Gasteiger charge is -2.20. The van der Waals surface area contributed by atoms with Crippen molar-refractivity contribution in [2.24, 2.45) is 0 Å². The molecule has 0 aliphatic carbocycles. The summed E-state index contributed by atoms with van der Waals surface area (Å²) in [5.41, 5.74) is 3.57. The summed E-state index contributed by atoms with van der Waals surface area (Å²) < 4.78 is 3.17. The summed E-state index contributed by atoms with van der Waals surface area (Å²) >= 11 is 2.32. The van der Waals surface area contributed by atoms with Gasteiger partial charge < -0.3 is 4.90 Å². The van der Waals surface area contributed by atoms with E-state index < -0.39 is 0 Å². The lowest BCUT2D eigenvalue weighted by molar-refractivity contribution is 0.863. The van der Waals surface area contributed by atoms with Gasteiger partial charge in [0.05, 0.1) is 16.9 Å². The average molecular weight is 329 g/mol. The van der Waals surface area contributed by atoms with E-state index in [1.54, 1.807) is 0 Å². The first kappa shape index (κ1) is 11.7. The Morgan fingerprint density at radius 3 is 2.62 bits per heavy atom. The van der Waals surface area contributed by atoms with Crippen LogP contribution in [0.1, 0.15) is 19.5 Å². The third-order valence-electron chi connectivity index (χ3n) is 2.83. The van der Waals surface area contributed by atoms with Gasteiger partial charge in [-0.3, -0.25) is 0 Å². The smallest absolute Gasteiger partial charge is 0.103 e. The van der Waals surface area contributed by atoms with Crippen molar-refractivity contribution >= 4 is 33.8 Å². The molecule has 16 heavy (non-hydrogen) atoms. The molecule has 2 aromatic heterocycles. The van der Waals surface area contributed by atoms with Crippen molar-refractivity contribution in [3.63, 3.8) is 0 Å². The molecule has 0 aliphatic heterocycles. The predicted molar refractivity (Wildman–Crippen MR) is 76.2 cm³/mol. The van der Waals surface area contributed by atoms with Crippen molar-refractivity contribution < 1.29 is 0 Å². The number of hydrogen-bond donors (Lipinski definition) is 0. The number of fused-ring (bicyclic) bond motifs is 1. The van der Waals surface area contributed by atoms with Crippen molar-refractivity contribution in [3.8, 4) is 0 Å². The summed E-state index contributed by atoms with van der Waals surface area (Å²) in [4.78, 5) is 2.35. The van der Waals surface area contributed by atoms with Crippen LogP contribution in [-0.2, 0) is 0 Å². The molecule has 0 radical (unpaired) electrons. The van der Waals surface area contributed by atoms with Crippen molar-refractivity contribution in [2.75, 3.05) is 18.0 Å². The molecule has 0 spiro atoms. The lowest BCUT2D eigenvalue weighted by Crippen LogP contribution is -2.22. The maximum absolute atomic E-state index is 4.60. The van der Waals surface area contributed by atoms with E-state index >= 15 is 0 Å². The van der Waals surface area contributed by atoms with E-state index in [2.05, 4.69) is 71.6 Å². The Hall–Kier alpha value is -0.780. The SMILES string of the molecule is CCN(CC)c1c(C)nn2c(I)cccc12. The first-order valence-corrected chi connectivity index (χ1v) is 6.65. The summed E-state index contributed by atoms with van der Waals surface area (Å²) in [6.07, 6.45) is 0. The van der Waals surface area contributed by atoms with Crippen molar-refractivity contribution in [3.05, 3.63) is 27.6 Å². The zero-order chi connectivity index (χ0) is 11.7. The largest absolute Gasteiger partial charge is 0.369 e. The molecule has 0 aliphatic rings. The molecule has 2 heterocycles. The number of anilines is 1. The zero-order valence-corrected chi connectivity index (χ0v) is 12.0. The van der Waals surface area contributed by atoms with Gasteiger partial charge in [0.15, 0.2) is 0 Å². The molecule has 0 aromatic carbocycles. The van der Waals surface area contributed by atoms with Gasteiger partial charge in [-0.2, -0.15) is 5.10 Å². The van der Waals surface area contributed by atoms with Crippen LogP contribution in [0.25, 0.3) is 5.52 Å². The van der Waals surface area contributed by atoms with Gasteiger partial charge in [-0.25, -0.2) is 4.52 Å². The quantitative estimate of drug-likeness (QED) is 0.637. The molecule has 2 aromatic rings. The Morgan fingerprint density at radius 2 is 2.00 bits per heavy atom. The predicted octanol–water partition coefficient (Wildman–Crippen LogP) is 3.09. The number of hydrogen-bond acceptors (Lipinski definition) is 2. The first-order chi connectivity index (χ1) is 7.69. The van der Waals surface area contributed by atoms with Crippen LogP contribution >= 0.6 is 22.6 Å². The van der Waals surface area contributed by atoms with Gasteiger partial charge in [-0.15, -0.1) is 0 Å². The van der Waals surface area contributed by atoms with Gasteiger partial charge in [-0.05, 0) is 55.5 Å². The highest BCUT2D eigenvalue weighted by Gasteiger charge is 2.14. The normalized spacial score (nSPS) is 11.0. The molecule has 0 unspecified atom stereocenters. The maximum Gasteiger partial charge on any atom is 0.103 e. The Morgan fingerprint density at radius 1 is 1.31 bits per heavy atom. The van der Waals surface area contributed by atoms with Gasteiger partial charge in [0, 0.05) is 13.1 Å². The molecule has 86 valence electrons. The molecule has 0 amide bonds. The Kier molecular flexibility index (Phi) is 3.37. The minimum Gasteiger partial charge on any atom is -0.369 e. The van der Waals surface area contributed by atoms with Gasteiger partial charge in [0.1, 0.15) is 3.70 Å². The maximum atomic E-state index is 4.60. The second-order valence-electron chi connectivity index (χ2n) is 3.75. The van der Waals surface area contributed by atoms with E-state index in [9.17, 15) is 0 Å². The fourth-order valence-electron chi connectivity index (χ4n) is 2.07. The fourth-order valence-corrected chi connectivity index (χ4v) is 2.64. The zero-order valence-electron chi connectivity index (χ0n) is 9.87. The average Bonchev–Trinajstić information content (AvgIpc) is 2.60. The van der Waals surface area contributed by atoms with Crippen LogP contribution in [-0.4, -0.2) is 22.7 Å². The fraction of sp³-hybridized carbons (Fsp3) is 0.417. The molecule has 0 atom stereocenters. The van der Waals surface area contributed by atoms with E-state index in [-0.39, 0.29) is 0 Å². The number of aromatic nitrogens is 2. The standard InChI is InChI=1S/C12H16IN3/c1-4-15(5-2)12-9(3)14-16-10(12)7-6-8-11(16)13/h6-8H,4-5H2,1-3H3. The molecule has 2 rings (SSSR count). The van der Waals surface area contributed by atoms with E-state index in [0.29, 0.717) is 0 Å². The highest BCUT2D eigenvalue weighted by molar-refractivity contribution is 14.1. The Bertz CT molecular complexity index is 500. The summed E-state index contributed by atoms with van der Waals surface area (Å²) in [5.74, 6) is 0. The van der Waals surface area contributed by atoms with Crippen LogP contribution in [0.5, 0.6) is 0 Å². The van der Waals surface area contributed by atoms with Crippen LogP contribution in [0.15, 0.2) is 18.2 Å². The van der Waals surface area contributed by atoms with E-state index in [1.165, 1.54) is 11.2 Å². The summed E-state index contributed by atoms with van der Waals surface area (Å²) in [6, 6.07) is 6.30. The van der Waals surface area contributed by atoms with Gasteiger partial charge in [-0.1, -0.05) is 6.07 Å². The van der Waals surface area contributed by atoms with Crippen LogP contribution in [0.4, 0.5) is 5.69 Å². The van der Waals surface area contributed by atoms with E-state index in [1.807, 2.05) is 4.52 Å². The number of aryl methyl sites for hydroxylation is 1. The number of halogens is 1. The van der Waals surface area contributed by atoms with Crippen molar-refractivity contribution in [1.82, 2.24) is 9.61 Å². The van der Waals surface area contributed by atoms with Crippen LogP contribution in [0.3, 0.4) is 0 Å². The second-order valence-corrected chi connectivity index (χ2v) is 4.86. The molecule has 0 saturated heterocycles. The summed E-state index contributed by atoms with van der Waals surface area (Å²) in [6.45, 7) is 8.48. The molecular formula is C12H16IN3. The Balaban J connectivity index is 2.69. The third-order valence-corrected chi connectivity index (χ3v) is 3.65. The molecular weight excluding hydrogens is 313 g/mol. The van der Waals surface area contributed by atoms with Crippen molar-refractivity contribution in [1.29, 1.82) is 0 Å². The van der Waals surface area contributed by atoms with Gasteiger partial charge in [0.2, 0.25) is 0 Å². The lowest BCUT2D eigenvalue weighted by atomic mass is 10.2.